The maximum atomic E-state index is 14.1. The standard InChI is InChI=1S/C13H16FNO2/c14-13-9-3-1-2-8(9)4-5-10(13)11(15)6-7-12(16)17/h4-5,11H,1-3,6-7,15H2,(H,16,17). The number of hydrogen-bond acceptors (Lipinski definition) is 2. The van der Waals surface area contributed by atoms with Crippen LogP contribution in [-0.4, -0.2) is 11.1 Å². The maximum absolute atomic E-state index is 14.1. The fraction of sp³-hybridized carbons (Fsp3) is 0.462. The first-order valence-electron chi connectivity index (χ1n) is 5.87. The average Bonchev–Trinajstić information content (AvgIpc) is 2.75. The number of rotatable bonds is 4. The zero-order valence-electron chi connectivity index (χ0n) is 9.58. The number of hydrogen-bond donors (Lipinski definition) is 2. The molecule has 0 saturated heterocycles. The van der Waals surface area contributed by atoms with Gasteiger partial charge in [0.2, 0.25) is 0 Å². The highest BCUT2D eigenvalue weighted by molar-refractivity contribution is 5.66. The Morgan fingerprint density at radius 2 is 2.24 bits per heavy atom. The first kappa shape index (κ1) is 12.0. The second kappa shape index (κ2) is 4.84. The minimum Gasteiger partial charge on any atom is -0.481 e. The average molecular weight is 237 g/mol. The molecule has 4 heteroatoms. The number of halogens is 1. The Hall–Kier alpha value is -1.42. The summed E-state index contributed by atoms with van der Waals surface area (Å²) in [6.45, 7) is 0. The molecule has 0 bridgehead atoms. The van der Waals surface area contributed by atoms with Crippen molar-refractivity contribution in [3.63, 3.8) is 0 Å². The summed E-state index contributed by atoms with van der Waals surface area (Å²) in [5.74, 6) is -1.13. The molecule has 17 heavy (non-hydrogen) atoms. The lowest BCUT2D eigenvalue weighted by Crippen LogP contribution is -2.15. The number of aryl methyl sites for hydroxylation is 1. The molecular weight excluding hydrogens is 221 g/mol. The molecule has 3 nitrogen and oxygen atoms in total. The Bertz CT molecular complexity index is 445. The van der Waals surface area contributed by atoms with Crippen molar-refractivity contribution >= 4 is 5.97 Å². The Labute approximate surface area is 99.4 Å². The molecule has 0 spiro atoms. The van der Waals surface area contributed by atoms with Crippen LogP contribution in [0.5, 0.6) is 0 Å². The molecule has 1 aromatic carbocycles. The van der Waals surface area contributed by atoms with Crippen LogP contribution in [-0.2, 0) is 17.6 Å². The monoisotopic (exact) mass is 237 g/mol. The van der Waals surface area contributed by atoms with E-state index in [2.05, 4.69) is 0 Å². The van der Waals surface area contributed by atoms with E-state index < -0.39 is 12.0 Å². The van der Waals surface area contributed by atoms with Crippen molar-refractivity contribution < 1.29 is 14.3 Å². The number of fused-ring (bicyclic) bond motifs is 1. The summed E-state index contributed by atoms with van der Waals surface area (Å²) in [6.07, 6.45) is 2.92. The molecule has 2 rings (SSSR count). The predicted molar refractivity (Wildman–Crippen MR) is 62.2 cm³/mol. The fourth-order valence-corrected chi connectivity index (χ4v) is 2.36. The second-order valence-electron chi connectivity index (χ2n) is 4.50. The van der Waals surface area contributed by atoms with Gasteiger partial charge in [0.05, 0.1) is 0 Å². The van der Waals surface area contributed by atoms with E-state index in [-0.39, 0.29) is 18.7 Å². The van der Waals surface area contributed by atoms with Crippen LogP contribution in [0.1, 0.15) is 42.0 Å². The molecular formula is C13H16FNO2. The van der Waals surface area contributed by atoms with Crippen molar-refractivity contribution in [2.75, 3.05) is 0 Å². The van der Waals surface area contributed by atoms with Gasteiger partial charge in [-0.2, -0.15) is 0 Å². The minimum atomic E-state index is -0.901. The number of carbonyl (C=O) groups is 1. The van der Waals surface area contributed by atoms with Crippen molar-refractivity contribution in [2.45, 2.75) is 38.1 Å². The summed E-state index contributed by atoms with van der Waals surface area (Å²) in [7, 11) is 0. The van der Waals surface area contributed by atoms with E-state index >= 15 is 0 Å². The van der Waals surface area contributed by atoms with Crippen molar-refractivity contribution in [2.24, 2.45) is 5.73 Å². The van der Waals surface area contributed by atoms with Crippen LogP contribution in [0.25, 0.3) is 0 Å². The van der Waals surface area contributed by atoms with Crippen LogP contribution >= 0.6 is 0 Å². The van der Waals surface area contributed by atoms with Crippen molar-refractivity contribution in [3.8, 4) is 0 Å². The lowest BCUT2D eigenvalue weighted by atomic mass is 9.97. The van der Waals surface area contributed by atoms with Crippen LogP contribution in [0, 0.1) is 5.82 Å². The van der Waals surface area contributed by atoms with Crippen LogP contribution in [0.4, 0.5) is 4.39 Å². The molecule has 1 aliphatic rings. The molecule has 0 aliphatic heterocycles. The number of carboxylic acids is 1. The predicted octanol–water partition coefficient (Wildman–Crippen LogP) is 2.18. The van der Waals surface area contributed by atoms with E-state index in [1.165, 1.54) is 0 Å². The Balaban J connectivity index is 2.18. The highest BCUT2D eigenvalue weighted by Gasteiger charge is 2.21. The summed E-state index contributed by atoms with van der Waals surface area (Å²) >= 11 is 0. The van der Waals surface area contributed by atoms with E-state index in [0.29, 0.717) is 5.56 Å². The Morgan fingerprint density at radius 3 is 2.94 bits per heavy atom. The molecule has 0 radical (unpaired) electrons. The molecule has 0 amide bonds. The minimum absolute atomic E-state index is 0.0301. The smallest absolute Gasteiger partial charge is 0.303 e. The Morgan fingerprint density at radius 1 is 1.47 bits per heavy atom. The third-order valence-corrected chi connectivity index (χ3v) is 3.31. The molecule has 1 atom stereocenters. The van der Waals surface area contributed by atoms with E-state index in [1.54, 1.807) is 6.07 Å². The SMILES string of the molecule is NC(CCC(=O)O)c1ccc2c(c1F)CCC2. The van der Waals surface area contributed by atoms with E-state index in [9.17, 15) is 9.18 Å². The quantitative estimate of drug-likeness (QED) is 0.843. The lowest BCUT2D eigenvalue weighted by molar-refractivity contribution is -0.137. The number of benzene rings is 1. The number of nitrogens with two attached hydrogens (primary N) is 1. The highest BCUT2D eigenvalue weighted by Crippen LogP contribution is 2.29. The first-order chi connectivity index (χ1) is 8.09. The third kappa shape index (κ3) is 2.47. The van der Waals surface area contributed by atoms with Gasteiger partial charge in [0.15, 0.2) is 0 Å². The van der Waals surface area contributed by atoms with Crippen LogP contribution < -0.4 is 5.73 Å². The summed E-state index contributed by atoms with van der Waals surface area (Å²) < 4.78 is 14.1. The fourth-order valence-electron chi connectivity index (χ4n) is 2.36. The van der Waals surface area contributed by atoms with Gasteiger partial charge >= 0.3 is 5.97 Å². The van der Waals surface area contributed by atoms with Gasteiger partial charge in [-0.1, -0.05) is 12.1 Å². The molecule has 3 N–H and O–H groups in total. The molecule has 1 aliphatic carbocycles. The third-order valence-electron chi connectivity index (χ3n) is 3.31. The summed E-state index contributed by atoms with van der Waals surface area (Å²) in [4.78, 5) is 10.5. The molecule has 1 unspecified atom stereocenters. The lowest BCUT2D eigenvalue weighted by Gasteiger charge is -2.14. The zero-order chi connectivity index (χ0) is 12.4. The van der Waals surface area contributed by atoms with Crippen LogP contribution in [0.2, 0.25) is 0 Å². The largest absolute Gasteiger partial charge is 0.481 e. The molecule has 0 heterocycles. The van der Waals surface area contributed by atoms with E-state index in [1.807, 2.05) is 6.07 Å². The van der Waals surface area contributed by atoms with Gasteiger partial charge in [0.25, 0.3) is 0 Å². The van der Waals surface area contributed by atoms with Gasteiger partial charge in [-0.25, -0.2) is 4.39 Å². The Kier molecular flexibility index (Phi) is 3.43. The summed E-state index contributed by atoms with van der Waals surface area (Å²) in [5, 5.41) is 8.58. The summed E-state index contributed by atoms with van der Waals surface area (Å²) in [6, 6.07) is 3.09. The van der Waals surface area contributed by atoms with E-state index in [0.717, 1.165) is 30.4 Å². The summed E-state index contributed by atoms with van der Waals surface area (Å²) in [5.41, 5.74) is 8.12. The van der Waals surface area contributed by atoms with Crippen molar-refractivity contribution in [3.05, 3.63) is 34.6 Å². The second-order valence-corrected chi connectivity index (χ2v) is 4.50. The first-order valence-corrected chi connectivity index (χ1v) is 5.87. The molecule has 0 aromatic heterocycles. The van der Waals surface area contributed by atoms with Gasteiger partial charge in [0, 0.05) is 18.0 Å². The van der Waals surface area contributed by atoms with Crippen molar-refractivity contribution in [1.29, 1.82) is 0 Å². The van der Waals surface area contributed by atoms with Gasteiger partial charge < -0.3 is 10.8 Å². The molecule has 1 aromatic rings. The van der Waals surface area contributed by atoms with Gasteiger partial charge in [-0.15, -0.1) is 0 Å². The topological polar surface area (TPSA) is 63.3 Å². The maximum Gasteiger partial charge on any atom is 0.303 e. The van der Waals surface area contributed by atoms with Gasteiger partial charge in [-0.3, -0.25) is 4.79 Å². The molecule has 92 valence electrons. The highest BCUT2D eigenvalue weighted by atomic mass is 19.1. The van der Waals surface area contributed by atoms with Crippen molar-refractivity contribution in [1.82, 2.24) is 0 Å². The van der Waals surface area contributed by atoms with Crippen LogP contribution in [0.3, 0.4) is 0 Å². The van der Waals surface area contributed by atoms with Crippen LogP contribution in [0.15, 0.2) is 12.1 Å². The zero-order valence-corrected chi connectivity index (χ0v) is 9.58. The molecule has 0 saturated carbocycles. The normalized spacial score (nSPS) is 15.6. The van der Waals surface area contributed by atoms with Gasteiger partial charge in [0.1, 0.15) is 5.82 Å². The van der Waals surface area contributed by atoms with E-state index in [4.69, 9.17) is 10.8 Å². The molecule has 0 fully saturated rings. The number of aliphatic carboxylic acids is 1. The van der Waals surface area contributed by atoms with Gasteiger partial charge in [-0.05, 0) is 36.8 Å². The number of carboxylic acid groups (broad SMARTS) is 1.